The van der Waals surface area contributed by atoms with Crippen molar-refractivity contribution in [3.63, 3.8) is 0 Å². The zero-order valence-electron chi connectivity index (χ0n) is 19.3. The van der Waals surface area contributed by atoms with Crippen molar-refractivity contribution in [2.75, 3.05) is 20.1 Å². The molecule has 34 heavy (non-hydrogen) atoms. The maximum atomic E-state index is 13.5. The van der Waals surface area contributed by atoms with Crippen molar-refractivity contribution in [3.05, 3.63) is 71.3 Å². The van der Waals surface area contributed by atoms with Crippen molar-refractivity contribution in [1.29, 1.82) is 0 Å². The Morgan fingerprint density at radius 1 is 1.12 bits per heavy atom. The molecule has 2 heterocycles. The number of aryl methyl sites for hydroxylation is 1. The van der Waals surface area contributed by atoms with Gasteiger partial charge in [0.25, 0.3) is 5.91 Å². The van der Waals surface area contributed by atoms with Crippen LogP contribution in [0.5, 0.6) is 0 Å². The van der Waals surface area contributed by atoms with Gasteiger partial charge in [-0.1, -0.05) is 34.6 Å². The topological polar surface area (TPSA) is 79.5 Å². The minimum atomic E-state index is -0.284. The zero-order chi connectivity index (χ0) is 23.9. The summed E-state index contributed by atoms with van der Waals surface area (Å²) in [6.45, 7) is 3.48. The molecule has 1 saturated heterocycles. The number of rotatable bonds is 5. The lowest BCUT2D eigenvalue weighted by atomic mass is 9.90. The maximum Gasteiger partial charge on any atom is 0.253 e. The molecule has 0 N–H and O–H groups in total. The van der Waals surface area contributed by atoms with Crippen LogP contribution in [-0.4, -0.2) is 52.1 Å². The van der Waals surface area contributed by atoms with E-state index in [1.807, 2.05) is 30.0 Å². The van der Waals surface area contributed by atoms with Gasteiger partial charge < -0.3 is 9.80 Å². The molecule has 1 spiro atoms. The van der Waals surface area contributed by atoms with Crippen LogP contribution < -0.4 is 0 Å². The second-order valence-electron chi connectivity index (χ2n) is 9.49. The van der Waals surface area contributed by atoms with E-state index in [9.17, 15) is 14.0 Å². The third kappa shape index (κ3) is 4.20. The van der Waals surface area contributed by atoms with Crippen molar-refractivity contribution < 1.29 is 18.6 Å². The van der Waals surface area contributed by atoms with E-state index in [-0.39, 0.29) is 29.0 Å². The summed E-state index contributed by atoms with van der Waals surface area (Å²) in [5.41, 5.74) is 3.64. The fourth-order valence-corrected chi connectivity index (χ4v) is 5.02. The van der Waals surface area contributed by atoms with Crippen LogP contribution in [-0.2, 0) is 11.3 Å². The lowest BCUT2D eigenvalue weighted by Crippen LogP contribution is -2.40. The van der Waals surface area contributed by atoms with E-state index in [0.29, 0.717) is 36.6 Å². The number of carbonyl (C=O) groups is 2. The fourth-order valence-electron chi connectivity index (χ4n) is 5.02. The molecule has 8 heteroatoms. The highest BCUT2D eigenvalue weighted by molar-refractivity contribution is 5.95. The standard InChI is InChI=1S/C26H27FN4O3/c1-17-23(29-34-28-17)16-30(2)25(33)22-15-26(22)10-12-31(13-11-26)24(32)19-8-6-18(7-9-19)20-4-3-5-21(27)14-20/h3-9,14,22H,10-13,15-16H2,1-2H3/t22-/m0/s1. The number of benzene rings is 2. The van der Waals surface area contributed by atoms with Crippen LogP contribution in [0.4, 0.5) is 4.39 Å². The van der Waals surface area contributed by atoms with Crippen LogP contribution in [0.1, 0.15) is 41.0 Å². The van der Waals surface area contributed by atoms with Gasteiger partial charge in [-0.3, -0.25) is 9.59 Å². The predicted octanol–water partition coefficient (Wildman–Crippen LogP) is 4.09. The van der Waals surface area contributed by atoms with Gasteiger partial charge in [-0.15, -0.1) is 0 Å². The van der Waals surface area contributed by atoms with Gasteiger partial charge in [0.15, 0.2) is 0 Å². The van der Waals surface area contributed by atoms with Gasteiger partial charge in [-0.05, 0) is 67.0 Å². The Bertz CT molecular complexity index is 1210. The van der Waals surface area contributed by atoms with E-state index in [1.54, 1.807) is 30.1 Å². The summed E-state index contributed by atoms with van der Waals surface area (Å²) in [7, 11) is 1.79. The third-order valence-corrected chi connectivity index (χ3v) is 7.33. The molecule has 2 fully saturated rings. The number of aromatic nitrogens is 2. The summed E-state index contributed by atoms with van der Waals surface area (Å²) in [6, 6.07) is 13.7. The van der Waals surface area contributed by atoms with Crippen LogP contribution in [0.15, 0.2) is 53.2 Å². The van der Waals surface area contributed by atoms with E-state index in [0.717, 1.165) is 30.4 Å². The largest absolute Gasteiger partial charge is 0.339 e. The molecule has 0 radical (unpaired) electrons. The van der Waals surface area contributed by atoms with Crippen LogP contribution in [0.2, 0.25) is 0 Å². The highest BCUT2D eigenvalue weighted by Gasteiger charge is 2.59. The van der Waals surface area contributed by atoms with Gasteiger partial charge in [0, 0.05) is 31.6 Å². The Hall–Kier alpha value is -3.55. The zero-order valence-corrected chi connectivity index (χ0v) is 19.3. The highest BCUT2D eigenvalue weighted by Crippen LogP contribution is 2.60. The third-order valence-electron chi connectivity index (χ3n) is 7.33. The van der Waals surface area contributed by atoms with E-state index >= 15 is 0 Å². The van der Waals surface area contributed by atoms with Gasteiger partial charge in [-0.25, -0.2) is 9.02 Å². The van der Waals surface area contributed by atoms with E-state index in [1.165, 1.54) is 12.1 Å². The Morgan fingerprint density at radius 3 is 2.50 bits per heavy atom. The second kappa shape index (κ2) is 8.66. The quantitative estimate of drug-likeness (QED) is 0.571. The van der Waals surface area contributed by atoms with Crippen molar-refractivity contribution in [3.8, 4) is 11.1 Å². The van der Waals surface area contributed by atoms with Crippen LogP contribution in [0.25, 0.3) is 11.1 Å². The van der Waals surface area contributed by atoms with Gasteiger partial charge in [0.05, 0.1) is 6.54 Å². The Balaban J connectivity index is 1.17. The minimum Gasteiger partial charge on any atom is -0.339 e. The molecule has 1 aromatic heterocycles. The summed E-state index contributed by atoms with van der Waals surface area (Å²) in [5.74, 6) is -0.168. The summed E-state index contributed by atoms with van der Waals surface area (Å²) in [6.07, 6.45) is 2.53. The summed E-state index contributed by atoms with van der Waals surface area (Å²) in [4.78, 5) is 29.6. The van der Waals surface area contributed by atoms with Gasteiger partial charge >= 0.3 is 0 Å². The van der Waals surface area contributed by atoms with Crippen LogP contribution in [0.3, 0.4) is 0 Å². The Labute approximate surface area is 197 Å². The first kappa shape index (κ1) is 22.3. The molecular weight excluding hydrogens is 435 g/mol. The molecule has 1 aliphatic heterocycles. The molecule has 1 aliphatic carbocycles. The fraction of sp³-hybridized carbons (Fsp3) is 0.385. The summed E-state index contributed by atoms with van der Waals surface area (Å²) >= 11 is 0. The normalized spacial score (nSPS) is 18.7. The lowest BCUT2D eigenvalue weighted by molar-refractivity contribution is -0.133. The molecule has 0 unspecified atom stereocenters. The van der Waals surface area contributed by atoms with Crippen molar-refractivity contribution in [2.24, 2.45) is 11.3 Å². The first-order valence-electron chi connectivity index (χ1n) is 11.5. The molecule has 2 aliphatic rings. The monoisotopic (exact) mass is 462 g/mol. The SMILES string of the molecule is Cc1nonc1CN(C)C(=O)[C@@H]1CC12CCN(C(=O)c1ccc(-c3cccc(F)c3)cc1)CC2. The summed E-state index contributed by atoms with van der Waals surface area (Å²) < 4.78 is 18.2. The highest BCUT2D eigenvalue weighted by atomic mass is 19.1. The smallest absolute Gasteiger partial charge is 0.253 e. The molecule has 2 aromatic carbocycles. The second-order valence-corrected chi connectivity index (χ2v) is 9.49. The summed E-state index contributed by atoms with van der Waals surface area (Å²) in [5, 5.41) is 7.64. The van der Waals surface area contributed by atoms with Crippen molar-refractivity contribution in [1.82, 2.24) is 20.1 Å². The number of halogens is 1. The number of hydrogen-bond acceptors (Lipinski definition) is 5. The molecule has 5 rings (SSSR count). The number of nitrogens with zero attached hydrogens (tertiary/aromatic N) is 4. The Morgan fingerprint density at radius 2 is 1.85 bits per heavy atom. The maximum absolute atomic E-state index is 13.5. The molecular formula is C26H27FN4O3. The lowest BCUT2D eigenvalue weighted by Gasteiger charge is -2.33. The minimum absolute atomic E-state index is 0.000435. The van der Waals surface area contributed by atoms with Crippen LogP contribution >= 0.6 is 0 Å². The van der Waals surface area contributed by atoms with Crippen molar-refractivity contribution in [2.45, 2.75) is 32.7 Å². The van der Waals surface area contributed by atoms with Gasteiger partial charge in [0.2, 0.25) is 5.91 Å². The Kier molecular flexibility index (Phi) is 5.67. The molecule has 1 atom stereocenters. The first-order chi connectivity index (χ1) is 16.4. The first-order valence-corrected chi connectivity index (χ1v) is 11.5. The van der Waals surface area contributed by atoms with E-state index in [4.69, 9.17) is 4.63 Å². The van der Waals surface area contributed by atoms with Crippen LogP contribution in [0, 0.1) is 24.1 Å². The predicted molar refractivity (Wildman–Crippen MR) is 123 cm³/mol. The van der Waals surface area contributed by atoms with Gasteiger partial charge in [0.1, 0.15) is 17.2 Å². The van der Waals surface area contributed by atoms with Crippen molar-refractivity contribution >= 4 is 11.8 Å². The number of carbonyl (C=O) groups excluding carboxylic acids is 2. The molecule has 1 saturated carbocycles. The van der Waals surface area contributed by atoms with Gasteiger partial charge in [-0.2, -0.15) is 0 Å². The number of piperidine rings is 1. The van der Waals surface area contributed by atoms with E-state index in [2.05, 4.69) is 10.3 Å². The van der Waals surface area contributed by atoms with E-state index < -0.39 is 0 Å². The number of likely N-dealkylation sites (tertiary alicyclic amines) is 1. The number of hydrogen-bond donors (Lipinski definition) is 0. The molecule has 0 bridgehead atoms. The number of amides is 2. The molecule has 2 amide bonds. The average Bonchev–Trinajstić information content (AvgIpc) is 3.40. The molecule has 3 aromatic rings. The molecule has 176 valence electrons. The average molecular weight is 463 g/mol. The molecule has 7 nitrogen and oxygen atoms in total.